The smallest absolute Gasteiger partial charge is 0.0111 e. The quantitative estimate of drug-likeness (QED) is 0.529. The van der Waals surface area contributed by atoms with Crippen LogP contribution in [0.2, 0.25) is 0 Å². The molecule has 0 heteroatoms. The van der Waals surface area contributed by atoms with Gasteiger partial charge in [0.05, 0.1) is 0 Å². The Morgan fingerprint density at radius 3 is 2.73 bits per heavy atom. The lowest BCUT2D eigenvalue weighted by atomic mass is 9.72. The van der Waals surface area contributed by atoms with Crippen LogP contribution in [0.3, 0.4) is 0 Å². The van der Waals surface area contributed by atoms with E-state index in [0.29, 0.717) is 5.41 Å². The zero-order valence-corrected chi connectivity index (χ0v) is 7.85. The maximum atomic E-state index is 2.51. The first kappa shape index (κ1) is 7.39. The Kier molecular flexibility index (Phi) is 1.42. The van der Waals surface area contributed by atoms with Crippen LogP contribution in [-0.2, 0) is 0 Å². The van der Waals surface area contributed by atoms with Gasteiger partial charge in [-0.3, -0.25) is 0 Å². The number of fused-ring (bicyclic) bond motifs is 1. The predicted molar refractivity (Wildman–Crippen MR) is 48.4 cm³/mol. The second-order valence-corrected chi connectivity index (χ2v) is 4.64. The number of hydrogen-bond acceptors (Lipinski definition) is 0. The highest BCUT2D eigenvalue weighted by atomic mass is 14.5. The molecule has 0 aromatic rings. The molecular formula is C11H18. The van der Waals surface area contributed by atoms with Crippen LogP contribution in [0.5, 0.6) is 0 Å². The van der Waals surface area contributed by atoms with Crippen LogP contribution >= 0.6 is 0 Å². The summed E-state index contributed by atoms with van der Waals surface area (Å²) in [5.74, 6) is 1.85. The molecule has 62 valence electrons. The Hall–Kier alpha value is -0.260. The first-order valence-corrected chi connectivity index (χ1v) is 4.88. The zero-order chi connectivity index (χ0) is 8.06. The van der Waals surface area contributed by atoms with E-state index in [1.807, 2.05) is 0 Å². The SMILES string of the molecule is CCCC1(C)CC2=CC1C2C. The minimum atomic E-state index is 0.656. The van der Waals surface area contributed by atoms with E-state index in [1.165, 1.54) is 19.3 Å². The van der Waals surface area contributed by atoms with E-state index in [2.05, 4.69) is 26.8 Å². The molecule has 11 heavy (non-hydrogen) atoms. The molecule has 3 unspecified atom stereocenters. The molecule has 0 heterocycles. The second kappa shape index (κ2) is 2.12. The van der Waals surface area contributed by atoms with Crippen LogP contribution in [0.4, 0.5) is 0 Å². The molecule has 2 bridgehead atoms. The molecule has 3 aliphatic carbocycles. The standard InChI is InChI=1S/C11H18/c1-4-5-11(3)7-9-6-10(11)8(9)2/h6,8,10H,4-5,7H2,1-3H3. The predicted octanol–water partition coefficient (Wildman–Crippen LogP) is 3.39. The molecule has 0 aromatic heterocycles. The van der Waals surface area contributed by atoms with Crippen molar-refractivity contribution in [3.63, 3.8) is 0 Å². The molecule has 0 spiro atoms. The molecule has 0 saturated heterocycles. The molecule has 0 N–H and O–H groups in total. The minimum Gasteiger partial charge on any atom is -0.0808 e. The van der Waals surface area contributed by atoms with E-state index in [9.17, 15) is 0 Å². The van der Waals surface area contributed by atoms with E-state index in [4.69, 9.17) is 0 Å². The van der Waals surface area contributed by atoms with Crippen molar-refractivity contribution in [1.82, 2.24) is 0 Å². The Labute approximate surface area is 69.7 Å². The Bertz CT molecular complexity index is 202. The highest BCUT2D eigenvalue weighted by Gasteiger charge is 2.50. The van der Waals surface area contributed by atoms with Crippen molar-refractivity contribution < 1.29 is 0 Å². The lowest BCUT2D eigenvalue weighted by Crippen LogP contribution is -2.24. The van der Waals surface area contributed by atoms with E-state index < -0.39 is 0 Å². The Balaban J connectivity index is 2.10. The lowest BCUT2D eigenvalue weighted by Gasteiger charge is -2.32. The van der Waals surface area contributed by atoms with Gasteiger partial charge in [0, 0.05) is 0 Å². The fraction of sp³-hybridized carbons (Fsp3) is 0.818. The summed E-state index contributed by atoms with van der Waals surface area (Å²) in [4.78, 5) is 0. The van der Waals surface area contributed by atoms with Crippen LogP contribution < -0.4 is 0 Å². The highest BCUT2D eigenvalue weighted by Crippen LogP contribution is 2.60. The van der Waals surface area contributed by atoms with Gasteiger partial charge >= 0.3 is 0 Å². The molecule has 0 aliphatic heterocycles. The fourth-order valence-corrected chi connectivity index (χ4v) is 3.07. The third-order valence-electron chi connectivity index (χ3n) is 3.75. The maximum Gasteiger partial charge on any atom is -0.0111 e. The van der Waals surface area contributed by atoms with E-state index in [1.54, 1.807) is 5.57 Å². The topological polar surface area (TPSA) is 0 Å². The van der Waals surface area contributed by atoms with Crippen molar-refractivity contribution in [3.05, 3.63) is 11.6 Å². The molecular weight excluding hydrogens is 132 g/mol. The minimum absolute atomic E-state index is 0.656. The van der Waals surface area contributed by atoms with Crippen molar-refractivity contribution in [1.29, 1.82) is 0 Å². The maximum absolute atomic E-state index is 2.51. The van der Waals surface area contributed by atoms with Gasteiger partial charge in [0.25, 0.3) is 0 Å². The third-order valence-corrected chi connectivity index (χ3v) is 3.75. The van der Waals surface area contributed by atoms with Crippen LogP contribution in [0, 0.1) is 17.3 Å². The van der Waals surface area contributed by atoms with Crippen molar-refractivity contribution in [2.24, 2.45) is 17.3 Å². The Morgan fingerprint density at radius 1 is 1.64 bits per heavy atom. The summed E-state index contributed by atoms with van der Waals surface area (Å²) in [6, 6.07) is 0. The molecule has 1 fully saturated rings. The van der Waals surface area contributed by atoms with Gasteiger partial charge in [0.15, 0.2) is 0 Å². The van der Waals surface area contributed by atoms with E-state index in [0.717, 1.165) is 11.8 Å². The monoisotopic (exact) mass is 150 g/mol. The van der Waals surface area contributed by atoms with Gasteiger partial charge in [-0.25, -0.2) is 0 Å². The molecule has 3 rings (SSSR count). The van der Waals surface area contributed by atoms with Gasteiger partial charge in [0.2, 0.25) is 0 Å². The molecule has 0 aromatic carbocycles. The molecule has 0 radical (unpaired) electrons. The molecule has 3 aliphatic rings. The van der Waals surface area contributed by atoms with E-state index >= 15 is 0 Å². The largest absolute Gasteiger partial charge is 0.0808 e. The van der Waals surface area contributed by atoms with E-state index in [-0.39, 0.29) is 0 Å². The highest BCUT2D eigenvalue weighted by molar-refractivity contribution is 5.33. The van der Waals surface area contributed by atoms with Gasteiger partial charge in [0.1, 0.15) is 0 Å². The summed E-state index contributed by atoms with van der Waals surface area (Å²) in [5, 5.41) is 0. The van der Waals surface area contributed by atoms with Crippen molar-refractivity contribution in [3.8, 4) is 0 Å². The van der Waals surface area contributed by atoms with Gasteiger partial charge < -0.3 is 0 Å². The summed E-state index contributed by atoms with van der Waals surface area (Å²) in [6.07, 6.45) is 6.68. The summed E-state index contributed by atoms with van der Waals surface area (Å²) in [6.45, 7) is 7.16. The van der Waals surface area contributed by atoms with Crippen LogP contribution in [0.1, 0.15) is 40.0 Å². The fourth-order valence-electron chi connectivity index (χ4n) is 3.07. The van der Waals surface area contributed by atoms with Gasteiger partial charge in [-0.15, -0.1) is 0 Å². The lowest BCUT2D eigenvalue weighted by molar-refractivity contribution is 0.224. The average Bonchev–Trinajstić information content (AvgIpc) is 2.39. The molecule has 0 amide bonds. The van der Waals surface area contributed by atoms with Gasteiger partial charge in [-0.2, -0.15) is 0 Å². The summed E-state index contributed by atoms with van der Waals surface area (Å²) in [5.41, 5.74) is 2.40. The van der Waals surface area contributed by atoms with Crippen LogP contribution in [-0.4, -0.2) is 0 Å². The normalized spacial score (nSPS) is 47.0. The van der Waals surface area contributed by atoms with Crippen molar-refractivity contribution in [2.45, 2.75) is 40.0 Å². The summed E-state index contributed by atoms with van der Waals surface area (Å²) in [7, 11) is 0. The van der Waals surface area contributed by atoms with Gasteiger partial charge in [-0.05, 0) is 30.1 Å². The van der Waals surface area contributed by atoms with Crippen molar-refractivity contribution in [2.75, 3.05) is 0 Å². The number of allylic oxidation sites excluding steroid dienone is 2. The molecule has 1 saturated carbocycles. The van der Waals surface area contributed by atoms with Crippen LogP contribution in [0.15, 0.2) is 11.6 Å². The van der Waals surface area contributed by atoms with Crippen molar-refractivity contribution >= 4 is 0 Å². The molecule has 3 atom stereocenters. The first-order valence-electron chi connectivity index (χ1n) is 4.88. The first-order chi connectivity index (χ1) is 5.17. The zero-order valence-electron chi connectivity index (χ0n) is 7.85. The third kappa shape index (κ3) is 0.816. The average molecular weight is 150 g/mol. The van der Waals surface area contributed by atoms with Crippen LogP contribution in [0.25, 0.3) is 0 Å². The summed E-state index contributed by atoms with van der Waals surface area (Å²) < 4.78 is 0. The second-order valence-electron chi connectivity index (χ2n) is 4.64. The Morgan fingerprint density at radius 2 is 2.36 bits per heavy atom. The molecule has 0 nitrogen and oxygen atoms in total. The number of rotatable bonds is 2. The van der Waals surface area contributed by atoms with Gasteiger partial charge in [-0.1, -0.05) is 38.8 Å². The number of hydrogen-bond donors (Lipinski definition) is 0. The summed E-state index contributed by atoms with van der Waals surface area (Å²) >= 11 is 0.